The van der Waals surface area contributed by atoms with E-state index in [-0.39, 0.29) is 11.8 Å². The van der Waals surface area contributed by atoms with Crippen molar-refractivity contribution in [2.24, 2.45) is 0 Å². The molecule has 2 aromatic rings. The number of hydrogen-bond donors (Lipinski definition) is 2. The summed E-state index contributed by atoms with van der Waals surface area (Å²) >= 11 is 0. The summed E-state index contributed by atoms with van der Waals surface area (Å²) in [6, 6.07) is 11.0. The number of benzene rings is 1. The molecule has 1 aromatic carbocycles. The van der Waals surface area contributed by atoms with Gasteiger partial charge in [0.2, 0.25) is 5.91 Å². The predicted molar refractivity (Wildman–Crippen MR) is 87.0 cm³/mol. The van der Waals surface area contributed by atoms with Crippen molar-refractivity contribution in [1.82, 2.24) is 9.88 Å². The summed E-state index contributed by atoms with van der Waals surface area (Å²) in [4.78, 5) is 23.2. The maximum absolute atomic E-state index is 12.1. The number of amides is 2. The molecule has 2 amide bonds. The lowest BCUT2D eigenvalue weighted by molar-refractivity contribution is -0.114. The highest BCUT2D eigenvalue weighted by molar-refractivity contribution is 5.96. The van der Waals surface area contributed by atoms with Gasteiger partial charge in [-0.05, 0) is 44.2 Å². The minimum atomic E-state index is -0.156. The number of rotatable bonds is 5. The van der Waals surface area contributed by atoms with E-state index in [4.69, 9.17) is 0 Å². The maximum atomic E-state index is 12.1. The molecular weight excluding hydrogens is 278 g/mol. The Hall–Kier alpha value is -2.56. The van der Waals surface area contributed by atoms with Crippen LogP contribution in [0.25, 0.3) is 0 Å². The molecule has 0 saturated carbocycles. The fourth-order valence-corrected chi connectivity index (χ4v) is 2.38. The van der Waals surface area contributed by atoms with Crippen LogP contribution in [0.3, 0.4) is 0 Å². The molecule has 22 heavy (non-hydrogen) atoms. The average Bonchev–Trinajstić information content (AvgIpc) is 2.78. The van der Waals surface area contributed by atoms with E-state index in [2.05, 4.69) is 27.3 Å². The molecule has 0 unspecified atom stereocenters. The molecule has 116 valence electrons. The first kappa shape index (κ1) is 15.8. The third-order valence-corrected chi connectivity index (χ3v) is 3.48. The van der Waals surface area contributed by atoms with Crippen LogP contribution in [0.2, 0.25) is 0 Å². The zero-order valence-electron chi connectivity index (χ0n) is 13.1. The molecule has 5 nitrogen and oxygen atoms in total. The highest BCUT2D eigenvalue weighted by atomic mass is 16.2. The van der Waals surface area contributed by atoms with Crippen LogP contribution in [-0.4, -0.2) is 22.9 Å². The lowest BCUT2D eigenvalue weighted by Gasteiger charge is -2.11. The summed E-state index contributed by atoms with van der Waals surface area (Å²) in [5, 5.41) is 5.57. The Morgan fingerprint density at radius 3 is 2.41 bits per heavy atom. The van der Waals surface area contributed by atoms with E-state index < -0.39 is 0 Å². The molecule has 2 N–H and O–H groups in total. The number of aryl methyl sites for hydroxylation is 2. The monoisotopic (exact) mass is 299 g/mol. The van der Waals surface area contributed by atoms with Gasteiger partial charge in [0.05, 0.1) is 0 Å². The summed E-state index contributed by atoms with van der Waals surface area (Å²) in [5.41, 5.74) is 3.52. The second kappa shape index (κ2) is 6.93. The number of carbonyl (C=O) groups excluding carboxylic acids is 2. The molecule has 0 bridgehead atoms. The van der Waals surface area contributed by atoms with Gasteiger partial charge in [-0.1, -0.05) is 6.07 Å². The van der Waals surface area contributed by atoms with E-state index in [1.165, 1.54) is 18.3 Å². The van der Waals surface area contributed by atoms with Gasteiger partial charge in [-0.25, -0.2) is 0 Å². The van der Waals surface area contributed by atoms with Gasteiger partial charge in [-0.3, -0.25) is 9.59 Å². The Kier molecular flexibility index (Phi) is 4.99. The molecule has 1 heterocycles. The zero-order valence-corrected chi connectivity index (χ0v) is 13.1. The van der Waals surface area contributed by atoms with Gasteiger partial charge in [0.15, 0.2) is 0 Å². The standard InChI is InChI=1S/C17H21N3O2/c1-12-7-8-13(2)20(12)10-9-18-17(22)15-5-4-6-16(11-15)19-14(3)21/h4-8,11H,9-10H2,1-3H3,(H,18,22)(H,19,21). The van der Waals surface area contributed by atoms with E-state index >= 15 is 0 Å². The van der Waals surface area contributed by atoms with Crippen LogP contribution in [0.1, 0.15) is 28.7 Å². The van der Waals surface area contributed by atoms with Crippen molar-refractivity contribution in [2.45, 2.75) is 27.3 Å². The summed E-state index contributed by atoms with van der Waals surface area (Å²) in [7, 11) is 0. The van der Waals surface area contributed by atoms with Crippen molar-refractivity contribution >= 4 is 17.5 Å². The van der Waals surface area contributed by atoms with Gasteiger partial charge in [-0.15, -0.1) is 0 Å². The number of carbonyl (C=O) groups is 2. The van der Waals surface area contributed by atoms with Gasteiger partial charge in [-0.2, -0.15) is 0 Å². The quantitative estimate of drug-likeness (QED) is 0.891. The summed E-state index contributed by atoms with van der Waals surface area (Å²) in [5.74, 6) is -0.300. The average molecular weight is 299 g/mol. The second-order valence-electron chi connectivity index (χ2n) is 5.29. The van der Waals surface area contributed by atoms with Gasteiger partial charge >= 0.3 is 0 Å². The maximum Gasteiger partial charge on any atom is 0.251 e. The highest BCUT2D eigenvalue weighted by Gasteiger charge is 2.07. The van der Waals surface area contributed by atoms with E-state index in [0.717, 1.165) is 6.54 Å². The topological polar surface area (TPSA) is 63.1 Å². The smallest absolute Gasteiger partial charge is 0.251 e. The zero-order chi connectivity index (χ0) is 16.1. The first-order chi connectivity index (χ1) is 10.5. The molecule has 0 fully saturated rings. The van der Waals surface area contributed by atoms with Crippen molar-refractivity contribution in [3.8, 4) is 0 Å². The summed E-state index contributed by atoms with van der Waals surface area (Å²) < 4.78 is 2.16. The van der Waals surface area contributed by atoms with Crippen molar-refractivity contribution in [3.63, 3.8) is 0 Å². The normalized spacial score (nSPS) is 10.3. The van der Waals surface area contributed by atoms with Gasteiger partial charge in [0.1, 0.15) is 0 Å². The Morgan fingerprint density at radius 1 is 1.09 bits per heavy atom. The molecule has 2 rings (SSSR count). The Morgan fingerprint density at radius 2 is 1.77 bits per heavy atom. The second-order valence-corrected chi connectivity index (χ2v) is 5.29. The lowest BCUT2D eigenvalue weighted by Crippen LogP contribution is -2.27. The largest absolute Gasteiger partial charge is 0.350 e. The van der Waals surface area contributed by atoms with Crippen LogP contribution in [0.5, 0.6) is 0 Å². The number of anilines is 1. The predicted octanol–water partition coefficient (Wildman–Crippen LogP) is 2.49. The molecule has 0 atom stereocenters. The van der Waals surface area contributed by atoms with Crippen LogP contribution in [0.4, 0.5) is 5.69 Å². The number of aromatic nitrogens is 1. The molecular formula is C17H21N3O2. The van der Waals surface area contributed by atoms with Crippen molar-refractivity contribution in [2.75, 3.05) is 11.9 Å². The molecule has 0 saturated heterocycles. The molecule has 0 aliphatic carbocycles. The first-order valence-corrected chi connectivity index (χ1v) is 7.26. The van der Waals surface area contributed by atoms with Crippen molar-refractivity contribution in [3.05, 3.63) is 53.3 Å². The van der Waals surface area contributed by atoms with Crippen LogP contribution in [0, 0.1) is 13.8 Å². The number of hydrogen-bond acceptors (Lipinski definition) is 2. The van der Waals surface area contributed by atoms with Crippen LogP contribution in [0.15, 0.2) is 36.4 Å². The summed E-state index contributed by atoms with van der Waals surface area (Å²) in [6.45, 7) is 6.83. The minimum Gasteiger partial charge on any atom is -0.350 e. The van der Waals surface area contributed by atoms with Gasteiger partial charge in [0, 0.05) is 42.7 Å². The summed E-state index contributed by atoms with van der Waals surface area (Å²) in [6.07, 6.45) is 0. The first-order valence-electron chi connectivity index (χ1n) is 7.26. The third-order valence-electron chi connectivity index (χ3n) is 3.48. The Balaban J connectivity index is 1.93. The van der Waals surface area contributed by atoms with Crippen molar-refractivity contribution < 1.29 is 9.59 Å². The van der Waals surface area contributed by atoms with Crippen LogP contribution in [-0.2, 0) is 11.3 Å². The molecule has 1 aromatic heterocycles. The fourth-order valence-electron chi connectivity index (χ4n) is 2.38. The number of nitrogens with zero attached hydrogens (tertiary/aromatic N) is 1. The van der Waals surface area contributed by atoms with Crippen molar-refractivity contribution in [1.29, 1.82) is 0 Å². The molecule has 5 heteroatoms. The van der Waals surface area contributed by atoms with Gasteiger partial charge < -0.3 is 15.2 Å². The Labute approximate surface area is 130 Å². The lowest BCUT2D eigenvalue weighted by atomic mass is 10.2. The van der Waals surface area contributed by atoms with Crippen LogP contribution < -0.4 is 10.6 Å². The SMILES string of the molecule is CC(=O)Nc1cccc(C(=O)NCCn2c(C)ccc2C)c1. The molecule has 0 spiro atoms. The number of nitrogens with one attached hydrogen (secondary N) is 2. The van der Waals surface area contributed by atoms with Gasteiger partial charge in [0.25, 0.3) is 5.91 Å². The molecule has 0 aliphatic heterocycles. The third kappa shape index (κ3) is 3.97. The van der Waals surface area contributed by atoms with E-state index in [9.17, 15) is 9.59 Å². The van der Waals surface area contributed by atoms with E-state index in [1.54, 1.807) is 24.3 Å². The van der Waals surface area contributed by atoms with E-state index in [1.807, 2.05) is 13.8 Å². The minimum absolute atomic E-state index is 0.144. The fraction of sp³-hybridized carbons (Fsp3) is 0.294. The molecule has 0 aliphatic rings. The van der Waals surface area contributed by atoms with Crippen LogP contribution >= 0.6 is 0 Å². The Bertz CT molecular complexity index is 669. The van der Waals surface area contributed by atoms with E-state index in [0.29, 0.717) is 17.8 Å². The highest BCUT2D eigenvalue weighted by Crippen LogP contribution is 2.11. The molecule has 0 radical (unpaired) electrons.